The molecule has 1 amide bonds. The molecule has 1 aromatic heterocycles. The van der Waals surface area contributed by atoms with Crippen molar-refractivity contribution in [3.63, 3.8) is 0 Å². The molecule has 1 saturated carbocycles. The van der Waals surface area contributed by atoms with Gasteiger partial charge in [-0.3, -0.25) is 4.79 Å². The number of piperidine rings is 1. The molecule has 3 rings (SSSR count). The van der Waals surface area contributed by atoms with E-state index in [2.05, 4.69) is 5.32 Å². The summed E-state index contributed by atoms with van der Waals surface area (Å²) in [7, 11) is -3.46. The predicted molar refractivity (Wildman–Crippen MR) is 100 cm³/mol. The number of carbonyl (C=O) groups is 1. The smallest absolute Gasteiger partial charge is 0.252 e. The molecule has 0 radical (unpaired) electrons. The van der Waals surface area contributed by atoms with E-state index < -0.39 is 10.0 Å². The fourth-order valence-corrected chi connectivity index (χ4v) is 6.50. The van der Waals surface area contributed by atoms with E-state index in [0.29, 0.717) is 17.3 Å². The molecule has 1 aromatic rings. The molecule has 0 spiro atoms. The highest BCUT2D eigenvalue weighted by Crippen LogP contribution is 2.27. The summed E-state index contributed by atoms with van der Waals surface area (Å²) in [4.78, 5) is 12.7. The highest BCUT2D eigenvalue weighted by Gasteiger charge is 2.34. The van der Waals surface area contributed by atoms with E-state index in [-0.39, 0.29) is 17.9 Å². The van der Waals surface area contributed by atoms with Gasteiger partial charge in [-0.05, 0) is 37.1 Å². The standard InChI is InChI=1S/C18H28N2O3S2/c21-18(19-16-9-4-2-1-3-5-10-16)15-8-6-12-20(14-15)25(22,23)17-11-7-13-24-17/h7,11,13,15-16H,1-6,8-10,12,14H2,(H,19,21). The molecule has 0 bridgehead atoms. The minimum absolute atomic E-state index is 0.0386. The van der Waals surface area contributed by atoms with Crippen molar-refractivity contribution in [3.8, 4) is 0 Å². The van der Waals surface area contributed by atoms with Crippen molar-refractivity contribution in [3.05, 3.63) is 17.5 Å². The Morgan fingerprint density at radius 1 is 1.08 bits per heavy atom. The van der Waals surface area contributed by atoms with Crippen LogP contribution in [0.25, 0.3) is 0 Å². The van der Waals surface area contributed by atoms with E-state index in [1.165, 1.54) is 47.7 Å². The average molecular weight is 385 g/mol. The Morgan fingerprint density at radius 2 is 1.80 bits per heavy atom. The van der Waals surface area contributed by atoms with Gasteiger partial charge in [-0.2, -0.15) is 4.31 Å². The van der Waals surface area contributed by atoms with Gasteiger partial charge in [0, 0.05) is 19.1 Å². The second-order valence-electron chi connectivity index (χ2n) is 7.18. The molecule has 1 aliphatic carbocycles. The molecule has 1 unspecified atom stereocenters. The van der Waals surface area contributed by atoms with Gasteiger partial charge in [0.05, 0.1) is 5.92 Å². The van der Waals surface area contributed by atoms with Gasteiger partial charge < -0.3 is 5.32 Å². The first-order chi connectivity index (χ1) is 12.1. The van der Waals surface area contributed by atoms with Gasteiger partial charge in [0.1, 0.15) is 4.21 Å². The van der Waals surface area contributed by atoms with Gasteiger partial charge in [0.25, 0.3) is 10.0 Å². The highest BCUT2D eigenvalue weighted by molar-refractivity contribution is 7.91. The summed E-state index contributed by atoms with van der Waals surface area (Å²) in [6, 6.07) is 3.65. The molecule has 140 valence electrons. The topological polar surface area (TPSA) is 66.5 Å². The number of nitrogens with zero attached hydrogens (tertiary/aromatic N) is 1. The molecule has 1 N–H and O–H groups in total. The lowest BCUT2D eigenvalue weighted by molar-refractivity contribution is -0.126. The maximum atomic E-state index is 12.7. The Bertz CT molecular complexity index is 650. The van der Waals surface area contributed by atoms with Crippen molar-refractivity contribution in [1.29, 1.82) is 0 Å². The molecular weight excluding hydrogens is 356 g/mol. The van der Waals surface area contributed by atoms with Crippen LogP contribution in [-0.4, -0.2) is 37.8 Å². The summed E-state index contributed by atoms with van der Waals surface area (Å²) in [6.45, 7) is 0.812. The zero-order chi connectivity index (χ0) is 17.7. The van der Waals surface area contributed by atoms with E-state index in [4.69, 9.17) is 0 Å². The van der Waals surface area contributed by atoms with Crippen LogP contribution in [0.1, 0.15) is 57.8 Å². The number of hydrogen-bond donors (Lipinski definition) is 1. The molecular formula is C18H28N2O3S2. The first-order valence-corrected chi connectivity index (χ1v) is 11.7. The summed E-state index contributed by atoms with van der Waals surface area (Å²) in [5, 5.41) is 4.98. The second-order valence-corrected chi connectivity index (χ2v) is 10.3. The van der Waals surface area contributed by atoms with Gasteiger partial charge in [-0.25, -0.2) is 8.42 Å². The van der Waals surface area contributed by atoms with Crippen molar-refractivity contribution in [2.75, 3.05) is 13.1 Å². The molecule has 1 atom stereocenters. The molecule has 2 fully saturated rings. The van der Waals surface area contributed by atoms with Crippen LogP contribution in [0.3, 0.4) is 0 Å². The van der Waals surface area contributed by atoms with Crippen LogP contribution >= 0.6 is 11.3 Å². The van der Waals surface area contributed by atoms with Crippen LogP contribution in [0.4, 0.5) is 0 Å². The van der Waals surface area contributed by atoms with E-state index >= 15 is 0 Å². The quantitative estimate of drug-likeness (QED) is 0.865. The normalized spacial score (nSPS) is 24.4. The number of nitrogens with one attached hydrogen (secondary N) is 1. The largest absolute Gasteiger partial charge is 0.353 e. The Balaban J connectivity index is 1.59. The maximum absolute atomic E-state index is 12.7. The van der Waals surface area contributed by atoms with Crippen LogP contribution in [0.5, 0.6) is 0 Å². The Labute approximate surface area is 154 Å². The summed E-state index contributed by atoms with van der Waals surface area (Å²) in [5.74, 6) is -0.189. The van der Waals surface area contributed by atoms with Crippen LogP contribution in [0, 0.1) is 5.92 Å². The summed E-state index contributed by atoms with van der Waals surface area (Å²) in [6.07, 6.45) is 9.78. The number of carbonyl (C=O) groups excluding carboxylic acids is 1. The zero-order valence-corrected chi connectivity index (χ0v) is 16.3. The lowest BCUT2D eigenvalue weighted by Crippen LogP contribution is -2.47. The number of hydrogen-bond acceptors (Lipinski definition) is 4. The van der Waals surface area contributed by atoms with Crippen molar-refractivity contribution >= 4 is 27.3 Å². The molecule has 0 aromatic carbocycles. The van der Waals surface area contributed by atoms with E-state index in [9.17, 15) is 13.2 Å². The van der Waals surface area contributed by atoms with E-state index in [1.54, 1.807) is 17.5 Å². The van der Waals surface area contributed by atoms with Crippen molar-refractivity contribution in [2.24, 2.45) is 5.92 Å². The summed E-state index contributed by atoms with van der Waals surface area (Å²) < 4.78 is 27.2. The maximum Gasteiger partial charge on any atom is 0.252 e. The number of amides is 1. The van der Waals surface area contributed by atoms with Crippen LogP contribution in [-0.2, 0) is 14.8 Å². The van der Waals surface area contributed by atoms with Gasteiger partial charge in [-0.15, -0.1) is 11.3 Å². The lowest BCUT2D eigenvalue weighted by Gasteiger charge is -2.32. The molecule has 5 nitrogen and oxygen atoms in total. The third-order valence-corrected chi connectivity index (χ3v) is 8.53. The minimum atomic E-state index is -3.46. The highest BCUT2D eigenvalue weighted by atomic mass is 32.2. The summed E-state index contributed by atoms with van der Waals surface area (Å²) in [5.41, 5.74) is 0. The third-order valence-electron chi connectivity index (χ3n) is 5.30. The van der Waals surface area contributed by atoms with Crippen molar-refractivity contribution < 1.29 is 13.2 Å². The van der Waals surface area contributed by atoms with Crippen LogP contribution < -0.4 is 5.32 Å². The van der Waals surface area contributed by atoms with Gasteiger partial charge in [-0.1, -0.05) is 38.2 Å². The van der Waals surface area contributed by atoms with E-state index in [1.807, 2.05) is 0 Å². The average Bonchev–Trinajstić information content (AvgIpc) is 3.12. The molecule has 1 aliphatic heterocycles. The van der Waals surface area contributed by atoms with Gasteiger partial charge in [0.15, 0.2) is 0 Å². The first-order valence-electron chi connectivity index (χ1n) is 9.41. The summed E-state index contributed by atoms with van der Waals surface area (Å²) >= 11 is 1.24. The second kappa shape index (κ2) is 8.64. The van der Waals surface area contributed by atoms with Gasteiger partial charge >= 0.3 is 0 Å². The SMILES string of the molecule is O=C(NC1CCCCCCC1)C1CCCN(S(=O)(=O)c2cccs2)C1. The molecule has 7 heteroatoms. The third kappa shape index (κ3) is 4.83. The van der Waals surface area contributed by atoms with Crippen molar-refractivity contribution in [1.82, 2.24) is 9.62 Å². The van der Waals surface area contributed by atoms with Gasteiger partial charge in [0.2, 0.25) is 5.91 Å². The Kier molecular flexibility index (Phi) is 6.52. The van der Waals surface area contributed by atoms with E-state index in [0.717, 1.165) is 25.7 Å². The number of sulfonamides is 1. The lowest BCUT2D eigenvalue weighted by atomic mass is 9.94. The molecule has 1 saturated heterocycles. The monoisotopic (exact) mass is 384 g/mol. The first kappa shape index (κ1) is 18.9. The predicted octanol–water partition coefficient (Wildman–Crippen LogP) is 3.38. The fraction of sp³-hybridized carbons (Fsp3) is 0.722. The minimum Gasteiger partial charge on any atom is -0.353 e. The Hall–Kier alpha value is -0.920. The molecule has 2 heterocycles. The van der Waals surface area contributed by atoms with Crippen LogP contribution in [0.15, 0.2) is 21.7 Å². The fourth-order valence-electron chi connectivity index (χ4n) is 3.83. The van der Waals surface area contributed by atoms with Crippen molar-refractivity contribution in [2.45, 2.75) is 68.0 Å². The molecule has 25 heavy (non-hydrogen) atoms. The number of rotatable bonds is 4. The Morgan fingerprint density at radius 3 is 2.48 bits per heavy atom. The van der Waals surface area contributed by atoms with Crippen LogP contribution in [0.2, 0.25) is 0 Å². The molecule has 2 aliphatic rings. The zero-order valence-electron chi connectivity index (χ0n) is 14.7. The number of thiophene rings is 1.